The summed E-state index contributed by atoms with van der Waals surface area (Å²) >= 11 is 0. The van der Waals surface area contributed by atoms with Crippen molar-refractivity contribution in [2.45, 2.75) is 93.9 Å². The number of benzene rings is 9. The van der Waals surface area contributed by atoms with E-state index in [-0.39, 0.29) is 5.41 Å². The number of hydrogen-bond donors (Lipinski definition) is 0. The smallest absolute Gasteiger partial charge is 0.135 e. The molecule has 69 heavy (non-hydrogen) atoms. The van der Waals surface area contributed by atoms with Crippen LogP contribution in [0.1, 0.15) is 96.2 Å². The van der Waals surface area contributed by atoms with Crippen LogP contribution in [0.5, 0.6) is 0 Å². The van der Waals surface area contributed by atoms with Crippen LogP contribution in [-0.2, 0) is 11.8 Å². The Bertz CT molecular complexity index is 3240. The molecule has 10 aromatic rings. The molecule has 0 radical (unpaired) electrons. The van der Waals surface area contributed by atoms with Gasteiger partial charge in [0.05, 0.1) is 0 Å². The predicted octanol–water partition coefficient (Wildman–Crippen LogP) is 18.9. The molecule has 0 N–H and O–H groups in total. The van der Waals surface area contributed by atoms with Gasteiger partial charge in [0, 0.05) is 16.2 Å². The number of para-hydroxylation sites is 1. The van der Waals surface area contributed by atoms with E-state index in [1.54, 1.807) is 0 Å². The highest BCUT2D eigenvalue weighted by molar-refractivity contribution is 7.46. The zero-order valence-electron chi connectivity index (χ0n) is 43.1. The van der Waals surface area contributed by atoms with Crippen molar-refractivity contribution in [1.82, 2.24) is 0 Å². The molecule has 1 aliphatic rings. The number of furan rings is 1. The van der Waals surface area contributed by atoms with Crippen molar-refractivity contribution >= 4 is 46.6 Å². The fraction of sp³-hybridized carbons (Fsp3) is 0.224. The molecule has 0 spiro atoms. The first-order chi connectivity index (χ1) is 33.2. The number of rotatable bonds is 4. The largest absolute Gasteiger partial charge is 0.456 e. The summed E-state index contributed by atoms with van der Waals surface area (Å²) in [5.74, 6) is 0.554. The van der Waals surface area contributed by atoms with E-state index < -0.39 is 0 Å². The highest BCUT2D eigenvalue weighted by atomic mass is 31.1. The molecule has 1 unspecified atom stereocenters. The highest BCUT2D eigenvalue weighted by Crippen LogP contribution is 2.52. The van der Waals surface area contributed by atoms with Gasteiger partial charge in [-0.1, -0.05) is 241 Å². The summed E-state index contributed by atoms with van der Waals surface area (Å²) < 4.78 is 5.79. The molecule has 1 atom stereocenters. The SMILES string of the molecule is CC(C)c1ccc2oc3ccccc3c2c1.CCc1cccc(PC)c1.Cc1cc(C)cc(C)c1.Cc1ccc2c(c1)C(C)(C)c1cc(C)c3ccccc3c1-2.Cc1cccc(-c2ccccc2)c1. The van der Waals surface area contributed by atoms with E-state index >= 15 is 0 Å². The Hall–Kier alpha value is -6.53. The lowest BCUT2D eigenvalue weighted by molar-refractivity contribution is 0.659. The van der Waals surface area contributed by atoms with Gasteiger partial charge < -0.3 is 4.42 Å². The molecule has 11 rings (SSSR count). The molecule has 1 nitrogen and oxygen atoms in total. The molecule has 0 bridgehead atoms. The zero-order valence-corrected chi connectivity index (χ0v) is 44.1. The number of hydrogen-bond acceptors (Lipinski definition) is 1. The van der Waals surface area contributed by atoms with Gasteiger partial charge in [-0.15, -0.1) is 0 Å². The van der Waals surface area contributed by atoms with Gasteiger partial charge in [-0.2, -0.15) is 0 Å². The van der Waals surface area contributed by atoms with Gasteiger partial charge in [-0.3, -0.25) is 0 Å². The van der Waals surface area contributed by atoms with E-state index in [1.165, 1.54) is 105 Å². The van der Waals surface area contributed by atoms with Gasteiger partial charge in [0.15, 0.2) is 0 Å². The normalized spacial score (nSPS) is 12.0. The van der Waals surface area contributed by atoms with E-state index in [0.29, 0.717) is 5.92 Å². The first-order valence-corrected chi connectivity index (χ1v) is 26.2. The van der Waals surface area contributed by atoms with Crippen molar-refractivity contribution in [1.29, 1.82) is 0 Å². The third kappa shape index (κ3) is 12.2. The van der Waals surface area contributed by atoms with Crippen LogP contribution in [0.15, 0.2) is 192 Å². The molecule has 2 heteroatoms. The van der Waals surface area contributed by atoms with Crippen molar-refractivity contribution in [2.75, 3.05) is 6.66 Å². The Labute approximate surface area is 415 Å². The second-order valence-corrected chi connectivity index (χ2v) is 20.6. The molecule has 0 aliphatic heterocycles. The number of aryl methyl sites for hydroxylation is 7. The minimum absolute atomic E-state index is 0.0888. The van der Waals surface area contributed by atoms with Crippen LogP contribution >= 0.6 is 8.58 Å². The van der Waals surface area contributed by atoms with Crippen LogP contribution in [0, 0.1) is 41.5 Å². The highest BCUT2D eigenvalue weighted by Gasteiger charge is 2.36. The fourth-order valence-electron chi connectivity index (χ4n) is 9.59. The van der Waals surface area contributed by atoms with Gasteiger partial charge in [0.2, 0.25) is 0 Å². The molecule has 0 fully saturated rings. The van der Waals surface area contributed by atoms with E-state index in [2.05, 4.69) is 253 Å². The first kappa shape index (κ1) is 50.3. The maximum Gasteiger partial charge on any atom is 0.135 e. The van der Waals surface area contributed by atoms with E-state index in [0.717, 1.165) is 26.2 Å². The maximum absolute atomic E-state index is 5.79. The van der Waals surface area contributed by atoms with Gasteiger partial charge in [-0.05, 0) is 145 Å². The van der Waals surface area contributed by atoms with Gasteiger partial charge in [0.25, 0.3) is 0 Å². The van der Waals surface area contributed by atoms with Crippen molar-refractivity contribution in [3.63, 3.8) is 0 Å². The summed E-state index contributed by atoms with van der Waals surface area (Å²) in [6.45, 7) is 26.4. The molecular weight excluding hydrogens is 852 g/mol. The Morgan fingerprint density at radius 3 is 1.71 bits per heavy atom. The summed E-state index contributed by atoms with van der Waals surface area (Å²) in [4.78, 5) is 0. The number of fused-ring (bicyclic) bond motifs is 8. The van der Waals surface area contributed by atoms with Crippen molar-refractivity contribution in [3.05, 3.63) is 244 Å². The molecular formula is C67H71OP. The molecule has 9 aromatic carbocycles. The van der Waals surface area contributed by atoms with Crippen LogP contribution in [0.4, 0.5) is 0 Å². The van der Waals surface area contributed by atoms with Gasteiger partial charge in [-0.25, -0.2) is 0 Å². The molecule has 0 saturated carbocycles. The lowest BCUT2D eigenvalue weighted by Crippen LogP contribution is -2.15. The fourth-order valence-corrected chi connectivity index (χ4v) is 10.2. The monoisotopic (exact) mass is 923 g/mol. The predicted molar refractivity (Wildman–Crippen MR) is 306 cm³/mol. The maximum atomic E-state index is 5.79. The topological polar surface area (TPSA) is 13.1 Å². The Morgan fingerprint density at radius 2 is 1.06 bits per heavy atom. The van der Waals surface area contributed by atoms with Gasteiger partial charge >= 0.3 is 0 Å². The van der Waals surface area contributed by atoms with Crippen LogP contribution in [-0.4, -0.2) is 6.66 Å². The van der Waals surface area contributed by atoms with Crippen molar-refractivity contribution in [3.8, 4) is 22.3 Å². The minimum atomic E-state index is 0.0888. The first-order valence-electron chi connectivity index (χ1n) is 24.7. The standard InChI is InChI=1S/C21H20.C15H14O.C13H12.C9H13P.C9H12/c1-13-9-10-17-18(11-13)21(3,4)19-12-14(2)15-7-5-6-8-16(15)20(17)19;1-10(2)11-7-8-15-13(9-11)12-5-3-4-6-14(12)16-15;1-11-6-5-9-13(10-11)12-7-3-2-4-8-12;1-3-8-5-4-6-9(7-8)10-2;1-7-4-8(2)6-9(3)5-7/h5-12H,1-4H3;3-10H,1-2H3;2-10H,1H3;4-7,10H,3H2,1-2H3;4-6H,1-3H3. The summed E-state index contributed by atoms with van der Waals surface area (Å²) in [5, 5.41) is 6.67. The van der Waals surface area contributed by atoms with Gasteiger partial charge in [0.1, 0.15) is 11.2 Å². The second kappa shape index (κ2) is 22.7. The van der Waals surface area contributed by atoms with Crippen molar-refractivity contribution < 1.29 is 4.42 Å². The summed E-state index contributed by atoms with van der Waals surface area (Å²) in [7, 11) is 0.929. The van der Waals surface area contributed by atoms with Crippen LogP contribution in [0.3, 0.4) is 0 Å². The van der Waals surface area contributed by atoms with Crippen LogP contribution in [0.25, 0.3) is 55.0 Å². The average molecular weight is 923 g/mol. The lowest BCUT2D eigenvalue weighted by Gasteiger charge is -2.22. The quantitative estimate of drug-likeness (QED) is 0.160. The second-order valence-electron chi connectivity index (χ2n) is 19.5. The molecule has 1 aliphatic carbocycles. The van der Waals surface area contributed by atoms with Crippen LogP contribution in [0.2, 0.25) is 0 Å². The van der Waals surface area contributed by atoms with Crippen LogP contribution < -0.4 is 5.30 Å². The lowest BCUT2D eigenvalue weighted by atomic mass is 9.81. The molecule has 1 heterocycles. The van der Waals surface area contributed by atoms with E-state index in [4.69, 9.17) is 4.42 Å². The molecule has 0 amide bonds. The van der Waals surface area contributed by atoms with E-state index in [1.807, 2.05) is 18.2 Å². The third-order valence-corrected chi connectivity index (χ3v) is 14.1. The Kier molecular flexibility index (Phi) is 16.6. The third-order valence-electron chi connectivity index (χ3n) is 13.2. The van der Waals surface area contributed by atoms with Crippen molar-refractivity contribution in [2.24, 2.45) is 0 Å². The average Bonchev–Trinajstić information content (AvgIpc) is 3.83. The Balaban J connectivity index is 0.000000132. The molecule has 350 valence electrons. The summed E-state index contributed by atoms with van der Waals surface area (Å²) in [6.07, 6.45) is 1.15. The molecule has 1 aromatic heterocycles. The molecule has 0 saturated heterocycles. The van der Waals surface area contributed by atoms with E-state index in [9.17, 15) is 0 Å². The zero-order chi connectivity index (χ0) is 49.2. The summed E-state index contributed by atoms with van der Waals surface area (Å²) in [6, 6.07) is 67.1. The minimum Gasteiger partial charge on any atom is -0.456 e. The Morgan fingerprint density at radius 1 is 0.464 bits per heavy atom. The summed E-state index contributed by atoms with van der Waals surface area (Å²) in [5.41, 5.74) is 21.3.